The van der Waals surface area contributed by atoms with Crippen molar-refractivity contribution in [3.05, 3.63) is 32.8 Å². The van der Waals surface area contributed by atoms with E-state index in [-0.39, 0.29) is 17.3 Å². The Morgan fingerprint density at radius 3 is 2.67 bits per heavy atom. The minimum Gasteiger partial charge on any atom is -0.468 e. The molecule has 0 heterocycles. The van der Waals surface area contributed by atoms with E-state index < -0.39 is 10.9 Å². The van der Waals surface area contributed by atoms with E-state index in [4.69, 9.17) is 11.6 Å². The number of likely N-dealkylation sites (N-methyl/N-ethyl adjacent to an activating group) is 1. The van der Waals surface area contributed by atoms with Gasteiger partial charge in [0.15, 0.2) is 0 Å². The van der Waals surface area contributed by atoms with Gasteiger partial charge in [-0.25, -0.2) is 0 Å². The molecular weight excluding hydrogens is 260 g/mol. The van der Waals surface area contributed by atoms with E-state index in [1.807, 2.05) is 0 Å². The van der Waals surface area contributed by atoms with Crippen molar-refractivity contribution in [3.8, 4) is 0 Å². The van der Waals surface area contributed by atoms with Crippen molar-refractivity contribution in [1.82, 2.24) is 0 Å². The second kappa shape index (κ2) is 5.68. The van der Waals surface area contributed by atoms with Gasteiger partial charge in [0.1, 0.15) is 11.6 Å². The van der Waals surface area contributed by atoms with Crippen LogP contribution in [0, 0.1) is 17.0 Å². The molecule has 0 N–H and O–H groups in total. The molecule has 0 saturated carbocycles. The largest absolute Gasteiger partial charge is 0.468 e. The second-order valence-electron chi connectivity index (χ2n) is 3.78. The van der Waals surface area contributed by atoms with Gasteiger partial charge in [-0.3, -0.25) is 14.9 Å². The van der Waals surface area contributed by atoms with Gasteiger partial charge >= 0.3 is 5.97 Å². The maximum Gasteiger partial charge on any atom is 0.325 e. The number of benzene rings is 1. The molecule has 1 aromatic carbocycles. The molecule has 0 spiro atoms. The first-order valence-corrected chi connectivity index (χ1v) is 5.47. The number of rotatable bonds is 4. The van der Waals surface area contributed by atoms with Gasteiger partial charge in [-0.05, 0) is 18.6 Å². The highest BCUT2D eigenvalue weighted by molar-refractivity contribution is 6.33. The van der Waals surface area contributed by atoms with Crippen LogP contribution in [-0.2, 0) is 9.53 Å². The zero-order valence-electron chi connectivity index (χ0n) is 10.3. The van der Waals surface area contributed by atoms with Crippen LogP contribution in [0.15, 0.2) is 12.1 Å². The zero-order valence-corrected chi connectivity index (χ0v) is 11.0. The summed E-state index contributed by atoms with van der Waals surface area (Å²) < 4.78 is 4.55. The van der Waals surface area contributed by atoms with Crippen molar-refractivity contribution < 1.29 is 14.5 Å². The van der Waals surface area contributed by atoms with E-state index >= 15 is 0 Å². The van der Waals surface area contributed by atoms with Crippen LogP contribution in [-0.4, -0.2) is 31.6 Å². The Hall–Kier alpha value is -1.82. The van der Waals surface area contributed by atoms with Crippen molar-refractivity contribution in [1.29, 1.82) is 0 Å². The average Bonchev–Trinajstić information content (AvgIpc) is 2.30. The highest BCUT2D eigenvalue weighted by Crippen LogP contribution is 2.32. The molecule has 0 aliphatic carbocycles. The number of nitrogens with zero attached hydrogens (tertiary/aromatic N) is 2. The number of hydrogen-bond acceptors (Lipinski definition) is 5. The van der Waals surface area contributed by atoms with Crippen LogP contribution in [0.1, 0.15) is 5.56 Å². The molecule has 0 aliphatic rings. The Labute approximate surface area is 109 Å². The number of esters is 1. The molecule has 7 heteroatoms. The van der Waals surface area contributed by atoms with Crippen molar-refractivity contribution in [3.63, 3.8) is 0 Å². The molecule has 0 amide bonds. The maximum atomic E-state index is 11.2. The minimum absolute atomic E-state index is 0.0392. The van der Waals surface area contributed by atoms with E-state index in [1.54, 1.807) is 18.9 Å². The van der Waals surface area contributed by atoms with Crippen LogP contribution in [0.25, 0.3) is 0 Å². The van der Waals surface area contributed by atoms with E-state index in [9.17, 15) is 14.9 Å². The smallest absolute Gasteiger partial charge is 0.325 e. The highest BCUT2D eigenvalue weighted by atomic mass is 35.5. The number of carbonyl (C=O) groups excluding carboxylic acids is 1. The van der Waals surface area contributed by atoms with Gasteiger partial charge in [-0.1, -0.05) is 11.6 Å². The molecule has 0 bridgehead atoms. The van der Waals surface area contributed by atoms with E-state index in [1.165, 1.54) is 19.2 Å². The van der Waals surface area contributed by atoms with E-state index in [0.717, 1.165) is 0 Å². The van der Waals surface area contributed by atoms with Crippen LogP contribution in [0.4, 0.5) is 11.4 Å². The molecule has 18 heavy (non-hydrogen) atoms. The third-order valence-electron chi connectivity index (χ3n) is 2.47. The van der Waals surface area contributed by atoms with Gasteiger partial charge in [0, 0.05) is 18.8 Å². The third kappa shape index (κ3) is 3.10. The fourth-order valence-electron chi connectivity index (χ4n) is 1.55. The summed E-state index contributed by atoms with van der Waals surface area (Å²) >= 11 is 5.83. The van der Waals surface area contributed by atoms with Gasteiger partial charge in [0.2, 0.25) is 0 Å². The van der Waals surface area contributed by atoms with Crippen LogP contribution < -0.4 is 4.90 Å². The standard InChI is InChI=1S/C11H13ClN2O4/c1-7-4-10(14(16)17)8(12)5-9(7)13(2)6-11(15)18-3/h4-5H,6H2,1-3H3. The van der Waals surface area contributed by atoms with Crippen molar-refractivity contribution in [2.75, 3.05) is 25.6 Å². The number of anilines is 1. The Kier molecular flexibility index (Phi) is 4.49. The number of ether oxygens (including phenoxy) is 1. The van der Waals surface area contributed by atoms with Crippen LogP contribution in [0.5, 0.6) is 0 Å². The summed E-state index contributed by atoms with van der Waals surface area (Å²) in [5, 5.41) is 10.8. The lowest BCUT2D eigenvalue weighted by Crippen LogP contribution is -2.27. The van der Waals surface area contributed by atoms with Crippen molar-refractivity contribution >= 4 is 28.9 Å². The minimum atomic E-state index is -0.542. The molecule has 0 saturated heterocycles. The van der Waals surface area contributed by atoms with E-state index in [0.29, 0.717) is 11.3 Å². The summed E-state index contributed by atoms with van der Waals surface area (Å²) in [5.41, 5.74) is 1.16. The Morgan fingerprint density at radius 2 is 2.17 bits per heavy atom. The predicted octanol–water partition coefficient (Wildman–Crippen LogP) is 2.17. The molecule has 0 unspecified atom stereocenters. The molecule has 6 nitrogen and oxygen atoms in total. The predicted molar refractivity (Wildman–Crippen MR) is 68.1 cm³/mol. The number of nitro benzene ring substituents is 1. The lowest BCUT2D eigenvalue weighted by molar-refractivity contribution is -0.384. The summed E-state index contributed by atoms with van der Waals surface area (Å²) in [6.45, 7) is 1.76. The fraction of sp³-hybridized carbons (Fsp3) is 0.364. The average molecular weight is 273 g/mol. The maximum absolute atomic E-state index is 11.2. The van der Waals surface area contributed by atoms with Gasteiger partial charge in [0.05, 0.1) is 12.0 Å². The van der Waals surface area contributed by atoms with Gasteiger partial charge < -0.3 is 9.64 Å². The van der Waals surface area contributed by atoms with Crippen molar-refractivity contribution in [2.24, 2.45) is 0 Å². The third-order valence-corrected chi connectivity index (χ3v) is 2.77. The first-order valence-electron chi connectivity index (χ1n) is 5.09. The lowest BCUT2D eigenvalue weighted by Gasteiger charge is -2.20. The Bertz CT molecular complexity index is 490. The molecule has 98 valence electrons. The quantitative estimate of drug-likeness (QED) is 0.477. The molecular formula is C11H13ClN2O4. The molecule has 0 aromatic heterocycles. The van der Waals surface area contributed by atoms with Gasteiger partial charge in [-0.2, -0.15) is 0 Å². The summed E-state index contributed by atoms with van der Waals surface area (Å²) in [6, 6.07) is 2.85. The summed E-state index contributed by atoms with van der Waals surface area (Å²) in [4.78, 5) is 23.0. The summed E-state index contributed by atoms with van der Waals surface area (Å²) in [7, 11) is 2.98. The summed E-state index contributed by atoms with van der Waals surface area (Å²) in [5.74, 6) is -0.397. The SMILES string of the molecule is COC(=O)CN(C)c1cc(Cl)c([N+](=O)[O-])cc1C. The molecule has 0 radical (unpaired) electrons. The number of halogens is 1. The molecule has 0 fully saturated rings. The Balaban J connectivity index is 3.07. The van der Waals surface area contributed by atoms with Crippen LogP contribution in [0.2, 0.25) is 5.02 Å². The zero-order chi connectivity index (χ0) is 13.9. The fourth-order valence-corrected chi connectivity index (χ4v) is 1.78. The topological polar surface area (TPSA) is 72.7 Å². The monoisotopic (exact) mass is 272 g/mol. The number of nitro groups is 1. The summed E-state index contributed by atoms with van der Waals surface area (Å²) in [6.07, 6.45) is 0. The Morgan fingerprint density at radius 1 is 1.56 bits per heavy atom. The first kappa shape index (κ1) is 14.2. The molecule has 0 atom stereocenters. The normalized spacial score (nSPS) is 10.0. The molecule has 1 rings (SSSR count). The van der Waals surface area contributed by atoms with Crippen LogP contribution in [0.3, 0.4) is 0 Å². The van der Waals surface area contributed by atoms with Crippen LogP contribution >= 0.6 is 11.6 Å². The van der Waals surface area contributed by atoms with Gasteiger partial charge in [0.25, 0.3) is 5.69 Å². The van der Waals surface area contributed by atoms with E-state index in [2.05, 4.69) is 4.74 Å². The lowest BCUT2D eigenvalue weighted by atomic mass is 10.1. The second-order valence-corrected chi connectivity index (χ2v) is 4.19. The van der Waals surface area contributed by atoms with Crippen molar-refractivity contribution in [2.45, 2.75) is 6.92 Å². The first-order chi connectivity index (χ1) is 8.36. The number of carbonyl (C=O) groups is 1. The van der Waals surface area contributed by atoms with Gasteiger partial charge in [-0.15, -0.1) is 0 Å². The number of hydrogen-bond donors (Lipinski definition) is 0. The molecule has 0 aliphatic heterocycles. The highest BCUT2D eigenvalue weighted by Gasteiger charge is 2.17. The number of methoxy groups -OCH3 is 1. The number of aryl methyl sites for hydroxylation is 1. The molecule has 1 aromatic rings.